The number of nitrogens with zero attached hydrogens (tertiary/aromatic N) is 2. The first-order valence-electron chi connectivity index (χ1n) is 7.70. The number of hydrogen-bond donors (Lipinski definition) is 2. The average Bonchev–Trinajstić information content (AvgIpc) is 3.13. The molecule has 0 aromatic carbocycles. The van der Waals surface area contributed by atoms with Crippen LogP contribution < -0.4 is 11.3 Å². The molecule has 2 rings (SSSR count). The Morgan fingerprint density at radius 1 is 1.50 bits per heavy atom. The maximum Gasteiger partial charge on any atom is 0.0848 e. The van der Waals surface area contributed by atoms with Gasteiger partial charge >= 0.3 is 0 Å². The van der Waals surface area contributed by atoms with Crippen molar-refractivity contribution in [3.05, 3.63) is 18.0 Å². The highest BCUT2D eigenvalue weighted by molar-refractivity contribution is 5.07. The van der Waals surface area contributed by atoms with E-state index in [0.29, 0.717) is 6.04 Å². The van der Waals surface area contributed by atoms with Gasteiger partial charge in [0, 0.05) is 25.8 Å². The van der Waals surface area contributed by atoms with Gasteiger partial charge in [-0.25, -0.2) is 0 Å². The first-order valence-corrected chi connectivity index (χ1v) is 7.70. The van der Waals surface area contributed by atoms with Crippen LogP contribution in [0.4, 0.5) is 0 Å². The van der Waals surface area contributed by atoms with E-state index in [1.54, 1.807) is 7.11 Å². The van der Waals surface area contributed by atoms with E-state index in [0.717, 1.165) is 31.4 Å². The van der Waals surface area contributed by atoms with Crippen LogP contribution in [0.1, 0.15) is 57.7 Å². The molecule has 2 unspecified atom stereocenters. The molecule has 1 aliphatic carbocycles. The summed E-state index contributed by atoms with van der Waals surface area (Å²) in [4.78, 5) is 0. The molecule has 0 spiro atoms. The van der Waals surface area contributed by atoms with Crippen LogP contribution in [0, 0.1) is 0 Å². The van der Waals surface area contributed by atoms with Crippen LogP contribution in [0.15, 0.2) is 12.3 Å². The molecule has 5 nitrogen and oxygen atoms in total. The van der Waals surface area contributed by atoms with Crippen molar-refractivity contribution in [1.82, 2.24) is 15.2 Å². The average molecular weight is 280 g/mol. The molecule has 0 radical (unpaired) electrons. The highest BCUT2D eigenvalue weighted by Crippen LogP contribution is 2.36. The molecule has 20 heavy (non-hydrogen) atoms. The number of methoxy groups -OCH3 is 1. The smallest absolute Gasteiger partial charge is 0.0848 e. The molecular formula is C15H28N4O. The zero-order chi connectivity index (χ0) is 14.6. The largest absolute Gasteiger partial charge is 0.377 e. The highest BCUT2D eigenvalue weighted by Gasteiger charge is 2.41. The molecule has 1 fully saturated rings. The van der Waals surface area contributed by atoms with Gasteiger partial charge in [-0.3, -0.25) is 16.0 Å². The molecule has 2 atom stereocenters. The van der Waals surface area contributed by atoms with E-state index < -0.39 is 0 Å². The minimum absolute atomic E-state index is 0.121. The summed E-state index contributed by atoms with van der Waals surface area (Å²) >= 11 is 0. The van der Waals surface area contributed by atoms with Crippen molar-refractivity contribution in [2.45, 2.75) is 70.1 Å². The second-order valence-electron chi connectivity index (χ2n) is 5.94. The van der Waals surface area contributed by atoms with Crippen molar-refractivity contribution in [3.63, 3.8) is 0 Å². The topological polar surface area (TPSA) is 65.1 Å². The summed E-state index contributed by atoms with van der Waals surface area (Å²) in [6, 6.07) is 2.65. The maximum absolute atomic E-state index is 5.82. The standard InChI is InChI=1S/C15H28N4O/c1-4-12(2)19-10-7-13(18-19)11-14(17-16)15(20-3)8-5-6-9-15/h7,10,12,14,17H,4-6,8-9,11,16H2,1-3H3. The summed E-state index contributed by atoms with van der Waals surface area (Å²) in [5, 5.41) is 4.67. The third-order valence-corrected chi connectivity index (χ3v) is 4.81. The lowest BCUT2D eigenvalue weighted by Gasteiger charge is -2.35. The van der Waals surface area contributed by atoms with Crippen molar-refractivity contribution in [2.75, 3.05) is 7.11 Å². The van der Waals surface area contributed by atoms with Crippen LogP contribution >= 0.6 is 0 Å². The van der Waals surface area contributed by atoms with Gasteiger partial charge in [-0.1, -0.05) is 19.8 Å². The van der Waals surface area contributed by atoms with Gasteiger partial charge in [-0.15, -0.1) is 0 Å². The Morgan fingerprint density at radius 2 is 2.20 bits per heavy atom. The number of hydrogen-bond acceptors (Lipinski definition) is 4. The lowest BCUT2D eigenvalue weighted by molar-refractivity contribution is -0.0358. The fourth-order valence-electron chi connectivity index (χ4n) is 3.19. The number of rotatable bonds is 7. The number of nitrogens with two attached hydrogens (primary N) is 1. The van der Waals surface area contributed by atoms with Crippen molar-refractivity contribution in [2.24, 2.45) is 5.84 Å². The molecule has 5 heteroatoms. The highest BCUT2D eigenvalue weighted by atomic mass is 16.5. The van der Waals surface area contributed by atoms with Crippen molar-refractivity contribution in [3.8, 4) is 0 Å². The zero-order valence-corrected chi connectivity index (χ0v) is 12.9. The van der Waals surface area contributed by atoms with Crippen LogP contribution in [0.25, 0.3) is 0 Å². The number of aromatic nitrogens is 2. The van der Waals surface area contributed by atoms with Gasteiger partial charge in [0.1, 0.15) is 0 Å². The molecule has 0 amide bonds. The molecule has 0 saturated heterocycles. The summed E-state index contributed by atoms with van der Waals surface area (Å²) in [5.74, 6) is 5.79. The van der Waals surface area contributed by atoms with Crippen LogP contribution in [-0.4, -0.2) is 28.5 Å². The predicted octanol–water partition coefficient (Wildman–Crippen LogP) is 2.19. The molecule has 1 saturated carbocycles. The van der Waals surface area contributed by atoms with Crippen molar-refractivity contribution in [1.29, 1.82) is 0 Å². The SMILES string of the molecule is CCC(C)n1ccc(CC(NN)C2(OC)CCCC2)n1. The van der Waals surface area contributed by atoms with E-state index in [1.807, 2.05) is 4.68 Å². The summed E-state index contributed by atoms with van der Waals surface area (Å²) < 4.78 is 7.86. The molecule has 1 aliphatic rings. The Bertz CT molecular complexity index is 412. The third-order valence-electron chi connectivity index (χ3n) is 4.81. The lowest BCUT2D eigenvalue weighted by Crippen LogP contribution is -2.54. The molecular weight excluding hydrogens is 252 g/mol. The summed E-state index contributed by atoms with van der Waals surface area (Å²) in [5.41, 5.74) is 3.91. The third kappa shape index (κ3) is 3.05. The number of ether oxygens (including phenoxy) is 1. The Balaban J connectivity index is 2.08. The minimum atomic E-state index is -0.130. The molecule has 1 aromatic heterocycles. The number of nitrogens with one attached hydrogen (secondary N) is 1. The first kappa shape index (κ1) is 15.5. The Hall–Kier alpha value is -0.910. The van der Waals surface area contributed by atoms with Gasteiger partial charge in [-0.05, 0) is 32.3 Å². The zero-order valence-electron chi connectivity index (χ0n) is 12.9. The molecule has 3 N–H and O–H groups in total. The van der Waals surface area contributed by atoms with E-state index >= 15 is 0 Å². The molecule has 0 bridgehead atoms. The Kier molecular flexibility index (Phi) is 5.18. The van der Waals surface area contributed by atoms with E-state index in [-0.39, 0.29) is 11.6 Å². The Morgan fingerprint density at radius 3 is 2.75 bits per heavy atom. The second kappa shape index (κ2) is 6.70. The minimum Gasteiger partial charge on any atom is -0.377 e. The second-order valence-corrected chi connectivity index (χ2v) is 5.94. The van der Waals surface area contributed by atoms with Crippen LogP contribution in [0.5, 0.6) is 0 Å². The predicted molar refractivity (Wildman–Crippen MR) is 80.3 cm³/mol. The monoisotopic (exact) mass is 280 g/mol. The van der Waals surface area contributed by atoms with Gasteiger partial charge < -0.3 is 4.74 Å². The summed E-state index contributed by atoms with van der Waals surface area (Å²) in [6.45, 7) is 4.36. The quantitative estimate of drug-likeness (QED) is 0.593. The van der Waals surface area contributed by atoms with E-state index in [9.17, 15) is 0 Å². The summed E-state index contributed by atoms with van der Waals surface area (Å²) in [7, 11) is 1.80. The first-order chi connectivity index (χ1) is 9.65. The van der Waals surface area contributed by atoms with Gasteiger partial charge in [0.05, 0.1) is 17.3 Å². The summed E-state index contributed by atoms with van der Waals surface area (Å²) in [6.07, 6.45) is 8.54. The van der Waals surface area contributed by atoms with E-state index in [4.69, 9.17) is 10.6 Å². The van der Waals surface area contributed by atoms with Gasteiger partial charge in [0.2, 0.25) is 0 Å². The van der Waals surface area contributed by atoms with Crippen molar-refractivity contribution >= 4 is 0 Å². The lowest BCUT2D eigenvalue weighted by atomic mass is 9.89. The molecule has 1 heterocycles. The van der Waals surface area contributed by atoms with Crippen molar-refractivity contribution < 1.29 is 4.74 Å². The number of hydrazine groups is 1. The van der Waals surface area contributed by atoms with Gasteiger partial charge in [0.25, 0.3) is 0 Å². The molecule has 114 valence electrons. The fraction of sp³-hybridized carbons (Fsp3) is 0.800. The van der Waals surface area contributed by atoms with E-state index in [1.165, 1.54) is 12.8 Å². The van der Waals surface area contributed by atoms with Gasteiger partial charge in [-0.2, -0.15) is 5.10 Å². The molecule has 1 aromatic rings. The maximum atomic E-state index is 5.82. The van der Waals surface area contributed by atoms with E-state index in [2.05, 4.69) is 36.6 Å². The van der Waals surface area contributed by atoms with Crippen LogP contribution in [0.2, 0.25) is 0 Å². The fourth-order valence-corrected chi connectivity index (χ4v) is 3.19. The Labute approximate surface area is 121 Å². The molecule has 0 aliphatic heterocycles. The van der Waals surface area contributed by atoms with Crippen LogP contribution in [0.3, 0.4) is 0 Å². The van der Waals surface area contributed by atoms with Crippen LogP contribution in [-0.2, 0) is 11.2 Å². The normalized spacial score (nSPS) is 21.0. The van der Waals surface area contributed by atoms with Gasteiger partial charge in [0.15, 0.2) is 0 Å².